The molecule has 4 heteroatoms. The summed E-state index contributed by atoms with van der Waals surface area (Å²) < 4.78 is 0. The Morgan fingerprint density at radius 2 is 2.50 bits per heavy atom. The molecule has 0 saturated carbocycles. The maximum atomic E-state index is 3.93. The van der Waals surface area contributed by atoms with Gasteiger partial charge in [-0.25, -0.2) is 0 Å². The van der Waals surface area contributed by atoms with Gasteiger partial charge in [0.05, 0.1) is 0 Å². The summed E-state index contributed by atoms with van der Waals surface area (Å²) in [5.74, 6) is 2.36. The number of aromatic nitrogens is 1. The molecule has 0 saturated heterocycles. The second-order valence-corrected chi connectivity index (χ2v) is 2.04. The van der Waals surface area contributed by atoms with Gasteiger partial charge in [0.25, 0.3) is 0 Å². The normalized spacial score (nSPS) is 10.5. The average molecular weight is 157 g/mol. The molecule has 0 spiro atoms. The van der Waals surface area contributed by atoms with Crippen molar-refractivity contribution in [3.05, 3.63) is 36.6 Å². The Hall–Kier alpha value is -1.58. The summed E-state index contributed by atoms with van der Waals surface area (Å²) in [6, 6.07) is 1.87. The zero-order chi connectivity index (χ0) is 8.81. The second kappa shape index (κ2) is 4.33. The molecule has 0 unspecified atom stereocenters. The summed E-state index contributed by atoms with van der Waals surface area (Å²) in [6.07, 6.45) is 3.11. The number of hydrogen-bond acceptors (Lipinski definition) is 2. The molecule has 3 nitrogen and oxygen atoms in total. The van der Waals surface area contributed by atoms with E-state index in [0.717, 1.165) is 5.56 Å². The molecule has 1 rings (SSSR count). The predicted molar refractivity (Wildman–Crippen MR) is 51.9 cm³/mol. The van der Waals surface area contributed by atoms with Crippen LogP contribution in [-0.4, -0.2) is 24.5 Å². The van der Waals surface area contributed by atoms with Crippen molar-refractivity contribution in [2.75, 3.05) is 0 Å². The van der Waals surface area contributed by atoms with Gasteiger partial charge in [0.2, 0.25) is 0 Å². The number of rotatable bonds is 2. The maximum absolute atomic E-state index is 3.93. The van der Waals surface area contributed by atoms with Crippen molar-refractivity contribution in [3.63, 3.8) is 0 Å². The zero-order valence-corrected chi connectivity index (χ0v) is 6.64. The van der Waals surface area contributed by atoms with Crippen molar-refractivity contribution in [1.29, 1.82) is 0 Å². The van der Waals surface area contributed by atoms with Crippen LogP contribution in [0.15, 0.2) is 41.0 Å². The predicted octanol–water partition coefficient (Wildman–Crippen LogP) is 1.01. The molecule has 0 aliphatic rings. The summed E-state index contributed by atoms with van der Waals surface area (Å²) >= 11 is 0. The Kier molecular flexibility index (Phi) is 3.08. The minimum absolute atomic E-state index is 0.540. The van der Waals surface area contributed by atoms with Crippen molar-refractivity contribution in [1.82, 2.24) is 4.89 Å². The number of nitrogens with zero attached hydrogens (tertiary/aromatic N) is 3. The van der Waals surface area contributed by atoms with E-state index in [1.165, 1.54) is 6.20 Å². The second-order valence-electron chi connectivity index (χ2n) is 2.04. The third-order valence-corrected chi connectivity index (χ3v) is 1.28. The van der Waals surface area contributed by atoms with Crippen LogP contribution in [0.1, 0.15) is 5.56 Å². The van der Waals surface area contributed by atoms with Gasteiger partial charge in [-0.3, -0.25) is 0 Å². The van der Waals surface area contributed by atoms with Crippen LogP contribution in [0.3, 0.4) is 0 Å². The van der Waals surface area contributed by atoms with Crippen molar-refractivity contribution in [2.45, 2.75) is 0 Å². The van der Waals surface area contributed by atoms with E-state index in [2.05, 4.69) is 28.2 Å². The molecule has 58 valence electrons. The zero-order valence-electron chi connectivity index (χ0n) is 6.64. The van der Waals surface area contributed by atoms with Crippen LogP contribution in [-0.2, 0) is 0 Å². The first kappa shape index (κ1) is 8.52. The summed E-state index contributed by atoms with van der Waals surface area (Å²) in [6.45, 7) is 6.88. The van der Waals surface area contributed by atoms with E-state index in [4.69, 9.17) is 0 Å². The quantitative estimate of drug-likeness (QED) is 0.466. The first-order valence-corrected chi connectivity index (χ1v) is 3.44. The number of aliphatic imine (C=N–C) groups is 2. The third-order valence-electron chi connectivity index (χ3n) is 1.28. The monoisotopic (exact) mass is 157 g/mol. The first-order valence-electron chi connectivity index (χ1n) is 3.44. The molecule has 0 amide bonds. The summed E-state index contributed by atoms with van der Waals surface area (Å²) in [5.41, 5.74) is 0.840. The molecule has 0 fully saturated rings. The Morgan fingerprint density at radius 1 is 1.67 bits per heavy atom. The standard InChI is InChI=1S/C8H8BN3/c1-3-11-8(10-2)7-4-5-9-12-6-7/h3-6H,1-2H2. The SMILES string of the molecule is C=CN=C(N=C)c1ccbnc1. The number of hydrogen-bond donors (Lipinski definition) is 0. The molecule has 0 N–H and O–H groups in total. The van der Waals surface area contributed by atoms with Crippen LogP contribution < -0.4 is 0 Å². The van der Waals surface area contributed by atoms with Gasteiger partial charge in [-0.05, 0) is 0 Å². The van der Waals surface area contributed by atoms with Crippen LogP contribution >= 0.6 is 0 Å². The van der Waals surface area contributed by atoms with Crippen LogP contribution in [0.2, 0.25) is 0 Å². The van der Waals surface area contributed by atoms with Gasteiger partial charge >= 0.3 is 71.0 Å². The van der Waals surface area contributed by atoms with E-state index in [0.29, 0.717) is 5.84 Å². The van der Waals surface area contributed by atoms with E-state index in [9.17, 15) is 0 Å². The third kappa shape index (κ3) is 1.95. The Morgan fingerprint density at radius 3 is 3.00 bits per heavy atom. The van der Waals surface area contributed by atoms with Crippen LogP contribution in [0.4, 0.5) is 0 Å². The molecule has 0 aromatic carbocycles. The Balaban J connectivity index is 3.03. The first-order chi connectivity index (χ1) is 5.88. The summed E-state index contributed by atoms with van der Waals surface area (Å²) in [5, 5.41) is 0. The minimum atomic E-state index is 0.540. The fraction of sp³-hybridized carbons (Fsp3) is 0. The van der Waals surface area contributed by atoms with E-state index < -0.39 is 0 Å². The topological polar surface area (TPSA) is 37.6 Å². The molecule has 0 radical (unpaired) electrons. The molecule has 1 aromatic heterocycles. The summed E-state index contributed by atoms with van der Waals surface area (Å²) in [4.78, 5) is 11.6. The van der Waals surface area contributed by atoms with Crippen LogP contribution in [0.25, 0.3) is 0 Å². The van der Waals surface area contributed by atoms with E-state index in [1.807, 2.05) is 12.0 Å². The van der Waals surface area contributed by atoms with E-state index in [1.54, 1.807) is 13.2 Å². The van der Waals surface area contributed by atoms with Gasteiger partial charge in [0.15, 0.2) is 0 Å². The van der Waals surface area contributed by atoms with E-state index in [-0.39, 0.29) is 0 Å². The fourth-order valence-electron chi connectivity index (χ4n) is 0.788. The van der Waals surface area contributed by atoms with Crippen molar-refractivity contribution >= 4 is 19.6 Å². The molecule has 0 aliphatic carbocycles. The number of amidine groups is 1. The molecular formula is C8H8BN3. The van der Waals surface area contributed by atoms with Gasteiger partial charge in [0.1, 0.15) is 0 Å². The molecule has 0 aliphatic heterocycles. The molecular weight excluding hydrogens is 149 g/mol. The fourth-order valence-corrected chi connectivity index (χ4v) is 0.788. The molecule has 12 heavy (non-hydrogen) atoms. The molecule has 1 aromatic rings. The van der Waals surface area contributed by atoms with Gasteiger partial charge < -0.3 is 0 Å². The molecule has 0 atom stereocenters. The van der Waals surface area contributed by atoms with Crippen molar-refractivity contribution < 1.29 is 0 Å². The Labute approximate surface area is 71.8 Å². The molecule has 0 bridgehead atoms. The Bertz CT molecular complexity index is 305. The van der Waals surface area contributed by atoms with Gasteiger partial charge in [0, 0.05) is 0 Å². The van der Waals surface area contributed by atoms with Gasteiger partial charge in [-0.15, -0.1) is 0 Å². The van der Waals surface area contributed by atoms with Crippen LogP contribution in [0.5, 0.6) is 0 Å². The average Bonchev–Trinajstić information content (AvgIpc) is 2.15. The van der Waals surface area contributed by atoms with E-state index >= 15 is 0 Å². The van der Waals surface area contributed by atoms with Gasteiger partial charge in [-0.1, -0.05) is 0 Å². The molecule has 1 heterocycles. The van der Waals surface area contributed by atoms with Crippen molar-refractivity contribution in [2.24, 2.45) is 9.98 Å². The van der Waals surface area contributed by atoms with Crippen LogP contribution in [0, 0.1) is 0 Å². The summed E-state index contributed by atoms with van der Waals surface area (Å²) in [7, 11) is 1.69. The van der Waals surface area contributed by atoms with Gasteiger partial charge in [-0.2, -0.15) is 0 Å². The van der Waals surface area contributed by atoms with Crippen molar-refractivity contribution in [3.8, 4) is 0 Å².